The van der Waals surface area contributed by atoms with E-state index < -0.39 is 11.6 Å². The lowest BCUT2D eigenvalue weighted by Gasteiger charge is -1.97. The van der Waals surface area contributed by atoms with Crippen LogP contribution in [0.4, 0.5) is 8.78 Å². The van der Waals surface area contributed by atoms with Crippen LogP contribution in [-0.2, 0) is 4.79 Å². The highest BCUT2D eigenvalue weighted by atomic mass is 32.2. The Balaban J connectivity index is 2.64. The van der Waals surface area contributed by atoms with Gasteiger partial charge in [-0.3, -0.25) is 4.79 Å². The van der Waals surface area contributed by atoms with E-state index in [-0.39, 0.29) is 10.7 Å². The number of benzene rings is 1. The standard InChI is InChI=1S/C11H10F2OS/c1-8(14)15-7-3-5-9-4-2-6-10(12)11(9)13/h2-6H,7H2,1H3. The molecule has 80 valence electrons. The molecule has 0 saturated heterocycles. The zero-order valence-electron chi connectivity index (χ0n) is 8.17. The summed E-state index contributed by atoms with van der Waals surface area (Å²) in [5, 5.41) is -0.000589. The van der Waals surface area contributed by atoms with Gasteiger partial charge < -0.3 is 0 Å². The van der Waals surface area contributed by atoms with Gasteiger partial charge in [-0.05, 0) is 6.07 Å². The summed E-state index contributed by atoms with van der Waals surface area (Å²) in [6.45, 7) is 1.46. The van der Waals surface area contributed by atoms with Gasteiger partial charge in [-0.1, -0.05) is 36.0 Å². The molecule has 0 bridgehead atoms. The molecule has 1 nitrogen and oxygen atoms in total. The molecule has 0 N–H and O–H groups in total. The Hall–Kier alpha value is -1.16. The van der Waals surface area contributed by atoms with Gasteiger partial charge in [0.05, 0.1) is 0 Å². The molecule has 0 heterocycles. The van der Waals surface area contributed by atoms with Crippen molar-refractivity contribution in [3.63, 3.8) is 0 Å². The number of rotatable bonds is 3. The fraction of sp³-hybridized carbons (Fsp3) is 0.182. The molecule has 1 aromatic carbocycles. The summed E-state index contributed by atoms with van der Waals surface area (Å²) >= 11 is 1.12. The highest BCUT2D eigenvalue weighted by Gasteiger charge is 2.03. The average Bonchev–Trinajstić information content (AvgIpc) is 2.18. The molecule has 0 atom stereocenters. The molecule has 0 fully saturated rings. The third kappa shape index (κ3) is 3.83. The lowest BCUT2D eigenvalue weighted by atomic mass is 10.2. The zero-order chi connectivity index (χ0) is 11.3. The van der Waals surface area contributed by atoms with E-state index in [9.17, 15) is 13.6 Å². The Kier molecular flexibility index (Phi) is 4.49. The van der Waals surface area contributed by atoms with Crippen LogP contribution in [0.25, 0.3) is 6.08 Å². The largest absolute Gasteiger partial charge is 0.288 e. The van der Waals surface area contributed by atoms with Crippen molar-refractivity contribution in [2.75, 3.05) is 5.75 Å². The Bertz CT molecular complexity index is 388. The van der Waals surface area contributed by atoms with E-state index in [0.717, 1.165) is 17.8 Å². The van der Waals surface area contributed by atoms with E-state index in [4.69, 9.17) is 0 Å². The predicted molar refractivity (Wildman–Crippen MR) is 58.5 cm³/mol. The first kappa shape index (κ1) is 11.9. The lowest BCUT2D eigenvalue weighted by Crippen LogP contribution is -1.87. The summed E-state index contributed by atoms with van der Waals surface area (Å²) in [5.41, 5.74) is 0.194. The van der Waals surface area contributed by atoms with Gasteiger partial charge >= 0.3 is 0 Å². The molecule has 0 aliphatic carbocycles. The van der Waals surface area contributed by atoms with Gasteiger partial charge in [0.2, 0.25) is 0 Å². The van der Waals surface area contributed by atoms with Gasteiger partial charge in [-0.15, -0.1) is 0 Å². The Morgan fingerprint density at radius 2 is 2.20 bits per heavy atom. The fourth-order valence-corrected chi connectivity index (χ4v) is 1.42. The quantitative estimate of drug-likeness (QED) is 0.789. The molecule has 1 rings (SSSR count). The van der Waals surface area contributed by atoms with Gasteiger partial charge in [0, 0.05) is 18.2 Å². The van der Waals surface area contributed by atoms with Crippen molar-refractivity contribution in [3.05, 3.63) is 41.5 Å². The minimum absolute atomic E-state index is 0.000589. The average molecular weight is 228 g/mol. The molecule has 15 heavy (non-hydrogen) atoms. The van der Waals surface area contributed by atoms with Crippen molar-refractivity contribution in [3.8, 4) is 0 Å². The lowest BCUT2D eigenvalue weighted by molar-refractivity contribution is -0.109. The molecule has 0 aliphatic heterocycles. The van der Waals surface area contributed by atoms with Crippen molar-refractivity contribution in [2.24, 2.45) is 0 Å². The summed E-state index contributed by atoms with van der Waals surface area (Å²) < 4.78 is 25.8. The Morgan fingerprint density at radius 1 is 1.47 bits per heavy atom. The number of thioether (sulfide) groups is 1. The van der Waals surface area contributed by atoms with Crippen LogP contribution in [0.1, 0.15) is 12.5 Å². The Morgan fingerprint density at radius 3 is 2.87 bits per heavy atom. The van der Waals surface area contributed by atoms with E-state index in [1.54, 1.807) is 6.08 Å². The van der Waals surface area contributed by atoms with Crippen LogP contribution in [0.5, 0.6) is 0 Å². The van der Waals surface area contributed by atoms with Crippen LogP contribution < -0.4 is 0 Å². The van der Waals surface area contributed by atoms with Crippen LogP contribution in [0, 0.1) is 11.6 Å². The zero-order valence-corrected chi connectivity index (χ0v) is 8.98. The summed E-state index contributed by atoms with van der Waals surface area (Å²) in [7, 11) is 0. The molecule has 0 saturated carbocycles. The minimum atomic E-state index is -0.864. The van der Waals surface area contributed by atoms with Crippen LogP contribution in [0.15, 0.2) is 24.3 Å². The van der Waals surface area contributed by atoms with E-state index in [0.29, 0.717) is 5.75 Å². The highest BCUT2D eigenvalue weighted by molar-refractivity contribution is 8.13. The minimum Gasteiger partial charge on any atom is -0.288 e. The summed E-state index contributed by atoms with van der Waals surface area (Å²) in [6, 6.07) is 3.99. The molecule has 0 unspecified atom stereocenters. The molecular weight excluding hydrogens is 218 g/mol. The second-order valence-corrected chi connectivity index (χ2v) is 4.04. The summed E-state index contributed by atoms with van der Waals surface area (Å²) in [5.74, 6) is -1.26. The molecule has 4 heteroatoms. The van der Waals surface area contributed by atoms with Gasteiger partial charge in [0.15, 0.2) is 16.7 Å². The molecule has 0 radical (unpaired) electrons. The first-order valence-corrected chi connectivity index (χ1v) is 5.33. The molecule has 0 spiro atoms. The monoisotopic (exact) mass is 228 g/mol. The summed E-state index contributed by atoms with van der Waals surface area (Å²) in [4.78, 5) is 10.6. The maximum absolute atomic E-state index is 13.1. The second-order valence-electron chi connectivity index (χ2n) is 2.85. The first-order valence-electron chi connectivity index (χ1n) is 4.35. The third-order valence-corrected chi connectivity index (χ3v) is 2.43. The van der Waals surface area contributed by atoms with Gasteiger partial charge in [-0.25, -0.2) is 8.78 Å². The van der Waals surface area contributed by atoms with Crippen molar-refractivity contribution in [1.82, 2.24) is 0 Å². The first-order chi connectivity index (χ1) is 7.11. The SMILES string of the molecule is CC(=O)SCC=Cc1cccc(F)c1F. The number of hydrogen-bond donors (Lipinski definition) is 0. The van der Waals surface area contributed by atoms with E-state index >= 15 is 0 Å². The van der Waals surface area contributed by atoms with E-state index in [1.807, 2.05) is 0 Å². The highest BCUT2D eigenvalue weighted by Crippen LogP contribution is 2.13. The van der Waals surface area contributed by atoms with Crippen molar-refractivity contribution in [1.29, 1.82) is 0 Å². The third-order valence-electron chi connectivity index (χ3n) is 1.66. The van der Waals surface area contributed by atoms with Crippen molar-refractivity contribution in [2.45, 2.75) is 6.92 Å². The molecular formula is C11H10F2OS. The normalized spacial score (nSPS) is 10.9. The van der Waals surface area contributed by atoms with Crippen molar-refractivity contribution >= 4 is 23.0 Å². The Labute approximate surface area is 91.2 Å². The number of carbonyl (C=O) groups is 1. The van der Waals surface area contributed by atoms with E-state index in [1.165, 1.54) is 25.1 Å². The van der Waals surface area contributed by atoms with Crippen LogP contribution in [0.3, 0.4) is 0 Å². The number of carbonyl (C=O) groups excluding carboxylic acids is 1. The smallest absolute Gasteiger partial charge is 0.186 e. The van der Waals surface area contributed by atoms with Crippen LogP contribution >= 0.6 is 11.8 Å². The molecule has 0 aromatic heterocycles. The molecule has 0 aliphatic rings. The van der Waals surface area contributed by atoms with Gasteiger partial charge in [0.1, 0.15) is 0 Å². The summed E-state index contributed by atoms with van der Waals surface area (Å²) in [6.07, 6.45) is 3.10. The maximum Gasteiger partial charge on any atom is 0.186 e. The van der Waals surface area contributed by atoms with Crippen LogP contribution in [-0.4, -0.2) is 10.9 Å². The van der Waals surface area contributed by atoms with E-state index in [2.05, 4.69) is 0 Å². The number of halogens is 2. The van der Waals surface area contributed by atoms with Crippen molar-refractivity contribution < 1.29 is 13.6 Å². The fourth-order valence-electron chi connectivity index (χ4n) is 0.990. The van der Waals surface area contributed by atoms with Gasteiger partial charge in [-0.2, -0.15) is 0 Å². The molecule has 0 amide bonds. The van der Waals surface area contributed by atoms with Gasteiger partial charge in [0.25, 0.3) is 0 Å². The van der Waals surface area contributed by atoms with Crippen LogP contribution in [0.2, 0.25) is 0 Å². The molecule has 1 aromatic rings. The predicted octanol–water partition coefficient (Wildman–Crippen LogP) is 3.26. The number of hydrogen-bond acceptors (Lipinski definition) is 2. The topological polar surface area (TPSA) is 17.1 Å². The maximum atomic E-state index is 13.1. The second kappa shape index (κ2) is 5.66.